The minimum Gasteiger partial charge on any atom is -0.261 e. The van der Waals surface area contributed by atoms with Gasteiger partial charge in [-0.25, -0.2) is 21.6 Å². The summed E-state index contributed by atoms with van der Waals surface area (Å²) in [7, 11) is -7.62. The van der Waals surface area contributed by atoms with Crippen LogP contribution in [0.4, 0.5) is 5.69 Å². The number of rotatable bonds is 6. The number of sulfonamides is 2. The molecule has 8 heteroatoms. The van der Waals surface area contributed by atoms with Gasteiger partial charge in [0.2, 0.25) is 10.0 Å². The molecule has 0 fully saturated rings. The van der Waals surface area contributed by atoms with Gasteiger partial charge in [0.1, 0.15) is 0 Å². The minimum atomic E-state index is -3.86. The first kappa shape index (κ1) is 21.5. The Morgan fingerprint density at radius 2 is 1.35 bits per heavy atom. The van der Waals surface area contributed by atoms with E-state index in [0.717, 1.165) is 16.7 Å². The van der Waals surface area contributed by atoms with Crippen LogP contribution in [0, 0.1) is 13.8 Å². The number of nitrogens with zero attached hydrogens (tertiary/aromatic N) is 1. The summed E-state index contributed by atoms with van der Waals surface area (Å²) in [5.74, 6) is 0. The molecule has 4 rings (SSSR count). The summed E-state index contributed by atoms with van der Waals surface area (Å²) in [4.78, 5) is 0.336. The molecule has 0 amide bonds. The molecule has 31 heavy (non-hydrogen) atoms. The average molecular weight is 457 g/mol. The summed E-state index contributed by atoms with van der Waals surface area (Å²) >= 11 is 0. The van der Waals surface area contributed by atoms with Gasteiger partial charge in [-0.3, -0.25) is 4.31 Å². The largest absolute Gasteiger partial charge is 0.264 e. The number of hydrogen-bond donors (Lipinski definition) is 1. The molecule has 3 aromatic carbocycles. The lowest BCUT2D eigenvalue weighted by molar-refractivity contribution is 0.559. The molecular weight excluding hydrogens is 432 g/mol. The fourth-order valence-corrected chi connectivity index (χ4v) is 6.50. The summed E-state index contributed by atoms with van der Waals surface area (Å²) in [6.45, 7) is 3.74. The zero-order valence-corrected chi connectivity index (χ0v) is 18.9. The number of hydrogen-bond acceptors (Lipinski definition) is 4. The lowest BCUT2D eigenvalue weighted by Crippen LogP contribution is -2.45. The molecule has 1 unspecified atom stereocenters. The standard InChI is InChI=1S/C23H24N2O4S2/c1-17-7-11-21(12-8-17)30(26,27)24-16-20-15-19-5-3-4-6-23(19)25(20)31(28,29)22-13-9-18(2)10-14-22/h3-14,20,24H,15-16H2,1-2H3. The van der Waals surface area contributed by atoms with Crippen molar-refractivity contribution in [1.82, 2.24) is 4.72 Å². The van der Waals surface area contributed by atoms with Crippen molar-refractivity contribution in [3.05, 3.63) is 89.5 Å². The summed E-state index contributed by atoms with van der Waals surface area (Å²) in [5, 5.41) is 0. The fraction of sp³-hybridized carbons (Fsp3) is 0.217. The lowest BCUT2D eigenvalue weighted by atomic mass is 10.1. The van der Waals surface area contributed by atoms with Crippen LogP contribution in [0.25, 0.3) is 0 Å². The molecule has 0 aliphatic carbocycles. The average Bonchev–Trinajstić information content (AvgIpc) is 3.12. The highest BCUT2D eigenvalue weighted by Gasteiger charge is 2.38. The molecule has 3 aromatic rings. The van der Waals surface area contributed by atoms with E-state index in [9.17, 15) is 16.8 Å². The van der Waals surface area contributed by atoms with E-state index in [2.05, 4.69) is 4.72 Å². The second-order valence-corrected chi connectivity index (χ2v) is 11.3. The van der Waals surface area contributed by atoms with Crippen molar-refractivity contribution in [1.29, 1.82) is 0 Å². The van der Waals surface area contributed by atoms with Crippen LogP contribution in [0.2, 0.25) is 0 Å². The molecular formula is C23H24N2O4S2. The van der Waals surface area contributed by atoms with Crippen LogP contribution in [0.3, 0.4) is 0 Å². The van der Waals surface area contributed by atoms with Crippen molar-refractivity contribution in [2.45, 2.75) is 36.1 Å². The van der Waals surface area contributed by atoms with Crippen molar-refractivity contribution in [2.75, 3.05) is 10.8 Å². The first-order valence-electron chi connectivity index (χ1n) is 9.94. The lowest BCUT2D eigenvalue weighted by Gasteiger charge is -2.27. The summed E-state index contributed by atoms with van der Waals surface area (Å²) in [6.07, 6.45) is 0.428. The van der Waals surface area contributed by atoms with Crippen molar-refractivity contribution < 1.29 is 16.8 Å². The van der Waals surface area contributed by atoms with Gasteiger partial charge in [0.05, 0.1) is 21.5 Å². The Kier molecular flexibility index (Phi) is 5.63. The SMILES string of the molecule is Cc1ccc(S(=O)(=O)NCC2Cc3ccccc3N2S(=O)(=O)c2ccc(C)cc2)cc1. The predicted octanol–water partition coefficient (Wildman–Crippen LogP) is 3.40. The Hall–Kier alpha value is -2.68. The van der Waals surface area contributed by atoms with Gasteiger partial charge < -0.3 is 0 Å². The van der Waals surface area contributed by atoms with Gasteiger partial charge in [-0.15, -0.1) is 0 Å². The maximum absolute atomic E-state index is 13.5. The van der Waals surface area contributed by atoms with Crippen LogP contribution in [0.1, 0.15) is 16.7 Å². The molecule has 0 spiro atoms. The second-order valence-electron chi connectivity index (χ2n) is 7.77. The van der Waals surface area contributed by atoms with E-state index in [1.165, 1.54) is 4.31 Å². The van der Waals surface area contributed by atoms with Gasteiger partial charge in [-0.05, 0) is 56.2 Å². The van der Waals surface area contributed by atoms with E-state index < -0.39 is 26.1 Å². The summed E-state index contributed by atoms with van der Waals surface area (Å²) in [5.41, 5.74) is 3.38. The second kappa shape index (κ2) is 8.11. The molecule has 1 aliphatic rings. The number of aryl methyl sites for hydroxylation is 2. The predicted molar refractivity (Wildman–Crippen MR) is 121 cm³/mol. The molecule has 1 heterocycles. The Balaban J connectivity index is 1.65. The van der Waals surface area contributed by atoms with Crippen molar-refractivity contribution >= 4 is 25.7 Å². The third-order valence-corrected chi connectivity index (χ3v) is 8.75. The van der Waals surface area contributed by atoms with Gasteiger partial charge >= 0.3 is 0 Å². The van der Waals surface area contributed by atoms with Gasteiger partial charge in [-0.2, -0.15) is 0 Å². The van der Waals surface area contributed by atoms with Crippen molar-refractivity contribution in [3.63, 3.8) is 0 Å². The third-order valence-electron chi connectivity index (χ3n) is 5.43. The van der Waals surface area contributed by atoms with E-state index >= 15 is 0 Å². The monoisotopic (exact) mass is 456 g/mol. The summed E-state index contributed by atoms with van der Waals surface area (Å²) < 4.78 is 56.5. The van der Waals surface area contributed by atoms with Crippen LogP contribution in [-0.2, 0) is 26.5 Å². The van der Waals surface area contributed by atoms with E-state index in [0.29, 0.717) is 12.1 Å². The Bertz CT molecular complexity index is 1300. The molecule has 0 bridgehead atoms. The maximum Gasteiger partial charge on any atom is 0.264 e. The fourth-order valence-electron chi connectivity index (χ4n) is 3.74. The van der Waals surface area contributed by atoms with Crippen LogP contribution in [-0.4, -0.2) is 29.4 Å². The summed E-state index contributed by atoms with van der Waals surface area (Å²) in [6, 6.07) is 19.9. The third kappa shape index (κ3) is 4.23. The van der Waals surface area contributed by atoms with Crippen LogP contribution < -0.4 is 9.03 Å². The molecule has 1 atom stereocenters. The molecule has 0 aromatic heterocycles. The topological polar surface area (TPSA) is 83.6 Å². The number of nitrogens with one attached hydrogen (secondary N) is 1. The van der Waals surface area contributed by atoms with Gasteiger partial charge in [0.15, 0.2) is 0 Å². The van der Waals surface area contributed by atoms with Crippen LogP contribution in [0.15, 0.2) is 82.6 Å². The first-order valence-corrected chi connectivity index (χ1v) is 12.9. The van der Waals surface area contributed by atoms with Crippen molar-refractivity contribution in [2.24, 2.45) is 0 Å². The molecule has 6 nitrogen and oxygen atoms in total. The highest BCUT2D eigenvalue weighted by molar-refractivity contribution is 7.93. The maximum atomic E-state index is 13.5. The van der Waals surface area contributed by atoms with Gasteiger partial charge in [0, 0.05) is 6.54 Å². The molecule has 0 saturated heterocycles. The molecule has 162 valence electrons. The van der Waals surface area contributed by atoms with Crippen LogP contribution >= 0.6 is 0 Å². The minimum absolute atomic E-state index is 0.0318. The van der Waals surface area contributed by atoms with E-state index in [-0.39, 0.29) is 16.3 Å². The number of fused-ring (bicyclic) bond motifs is 1. The van der Waals surface area contributed by atoms with E-state index in [1.54, 1.807) is 60.7 Å². The van der Waals surface area contributed by atoms with Gasteiger partial charge in [-0.1, -0.05) is 53.6 Å². The zero-order chi connectivity index (χ0) is 22.2. The normalized spacial score (nSPS) is 16.3. The highest BCUT2D eigenvalue weighted by Crippen LogP contribution is 2.36. The molecule has 0 saturated carbocycles. The Morgan fingerprint density at radius 1 is 0.806 bits per heavy atom. The molecule has 0 radical (unpaired) electrons. The molecule has 1 aliphatic heterocycles. The Morgan fingerprint density at radius 3 is 1.97 bits per heavy atom. The Labute approximate surface area is 183 Å². The van der Waals surface area contributed by atoms with Crippen molar-refractivity contribution in [3.8, 4) is 0 Å². The highest BCUT2D eigenvalue weighted by atomic mass is 32.2. The number of para-hydroxylation sites is 1. The van der Waals surface area contributed by atoms with Gasteiger partial charge in [0.25, 0.3) is 10.0 Å². The zero-order valence-electron chi connectivity index (χ0n) is 17.3. The quantitative estimate of drug-likeness (QED) is 0.616. The number of benzene rings is 3. The van der Waals surface area contributed by atoms with Crippen LogP contribution in [0.5, 0.6) is 0 Å². The van der Waals surface area contributed by atoms with E-state index in [4.69, 9.17) is 0 Å². The molecule has 1 N–H and O–H groups in total. The first-order chi connectivity index (χ1) is 14.7. The number of anilines is 1. The smallest absolute Gasteiger partial charge is 0.261 e. The van der Waals surface area contributed by atoms with E-state index in [1.807, 2.05) is 26.0 Å².